The Morgan fingerprint density at radius 1 is 1.25 bits per heavy atom. The standard InChI is InChI=1S/C15H29N3O2/c1-13(17-9-3-2-4-10-17)7-8-16-15(20)18-11-5-6-14(19)12-18/h13-14,19H,2-12H2,1H3,(H,16,20)/t13-,14-/m0/s1. The number of amides is 2. The van der Waals surface area contributed by atoms with Gasteiger partial charge in [0.2, 0.25) is 0 Å². The quantitative estimate of drug-likeness (QED) is 0.820. The van der Waals surface area contributed by atoms with Crippen LogP contribution in [0, 0.1) is 0 Å². The molecule has 2 atom stereocenters. The van der Waals surface area contributed by atoms with Crippen LogP contribution in [0.4, 0.5) is 4.79 Å². The molecule has 5 heteroatoms. The summed E-state index contributed by atoms with van der Waals surface area (Å²) in [7, 11) is 0. The van der Waals surface area contributed by atoms with E-state index in [0.29, 0.717) is 12.6 Å². The van der Waals surface area contributed by atoms with Crippen molar-refractivity contribution in [3.63, 3.8) is 0 Å². The number of β-amino-alcohol motifs (C(OH)–C–C–N with tert-alkyl or cyclic N) is 1. The third kappa shape index (κ3) is 4.63. The number of piperidine rings is 2. The minimum atomic E-state index is -0.346. The summed E-state index contributed by atoms with van der Waals surface area (Å²) in [5.41, 5.74) is 0. The molecular formula is C15H29N3O2. The van der Waals surface area contributed by atoms with Gasteiger partial charge in [0.25, 0.3) is 0 Å². The highest BCUT2D eigenvalue weighted by Gasteiger charge is 2.22. The van der Waals surface area contributed by atoms with Crippen molar-refractivity contribution in [1.29, 1.82) is 0 Å². The van der Waals surface area contributed by atoms with Crippen molar-refractivity contribution in [2.45, 2.75) is 57.6 Å². The Morgan fingerprint density at radius 3 is 2.70 bits per heavy atom. The zero-order valence-electron chi connectivity index (χ0n) is 12.7. The van der Waals surface area contributed by atoms with Gasteiger partial charge in [-0.15, -0.1) is 0 Å². The van der Waals surface area contributed by atoms with E-state index >= 15 is 0 Å². The van der Waals surface area contributed by atoms with Crippen molar-refractivity contribution in [2.75, 3.05) is 32.7 Å². The fourth-order valence-electron chi connectivity index (χ4n) is 3.18. The Hall–Kier alpha value is -0.810. The molecular weight excluding hydrogens is 254 g/mol. The lowest BCUT2D eigenvalue weighted by molar-refractivity contribution is 0.0839. The first-order valence-electron chi connectivity index (χ1n) is 8.11. The summed E-state index contributed by atoms with van der Waals surface area (Å²) >= 11 is 0. The summed E-state index contributed by atoms with van der Waals surface area (Å²) in [6.45, 7) is 6.63. The molecule has 116 valence electrons. The van der Waals surface area contributed by atoms with Crippen LogP contribution in [-0.4, -0.2) is 65.8 Å². The number of hydrogen-bond acceptors (Lipinski definition) is 3. The number of likely N-dealkylation sites (tertiary alicyclic amines) is 2. The number of carbonyl (C=O) groups excluding carboxylic acids is 1. The summed E-state index contributed by atoms with van der Waals surface area (Å²) in [5, 5.41) is 12.6. The highest BCUT2D eigenvalue weighted by atomic mass is 16.3. The molecule has 0 spiro atoms. The molecule has 0 radical (unpaired) electrons. The number of nitrogens with zero attached hydrogens (tertiary/aromatic N) is 2. The number of urea groups is 1. The number of nitrogens with one attached hydrogen (secondary N) is 1. The maximum Gasteiger partial charge on any atom is 0.317 e. The largest absolute Gasteiger partial charge is 0.391 e. The fourth-order valence-corrected chi connectivity index (χ4v) is 3.18. The molecule has 2 aliphatic rings. The Bertz CT molecular complexity index is 305. The van der Waals surface area contributed by atoms with E-state index in [-0.39, 0.29) is 12.1 Å². The van der Waals surface area contributed by atoms with Gasteiger partial charge >= 0.3 is 6.03 Å². The minimum absolute atomic E-state index is 0.0189. The van der Waals surface area contributed by atoms with Gasteiger partial charge in [0.15, 0.2) is 0 Å². The van der Waals surface area contributed by atoms with Crippen molar-refractivity contribution in [3.8, 4) is 0 Å². The van der Waals surface area contributed by atoms with Gasteiger partial charge in [0.05, 0.1) is 6.10 Å². The monoisotopic (exact) mass is 283 g/mol. The van der Waals surface area contributed by atoms with Crippen LogP contribution in [0.1, 0.15) is 45.4 Å². The van der Waals surface area contributed by atoms with Crippen molar-refractivity contribution in [2.24, 2.45) is 0 Å². The topological polar surface area (TPSA) is 55.8 Å². The Morgan fingerprint density at radius 2 is 2.00 bits per heavy atom. The molecule has 0 aromatic rings. The van der Waals surface area contributed by atoms with E-state index in [9.17, 15) is 9.90 Å². The molecule has 2 heterocycles. The van der Waals surface area contributed by atoms with Gasteiger partial charge in [0, 0.05) is 25.7 Å². The van der Waals surface area contributed by atoms with E-state index in [2.05, 4.69) is 17.1 Å². The molecule has 2 N–H and O–H groups in total. The summed E-state index contributed by atoms with van der Waals surface area (Å²) in [6.07, 6.45) is 6.35. The van der Waals surface area contributed by atoms with Crippen LogP contribution in [0.15, 0.2) is 0 Å². The summed E-state index contributed by atoms with van der Waals surface area (Å²) in [5.74, 6) is 0. The molecule has 2 aliphatic heterocycles. The average molecular weight is 283 g/mol. The van der Waals surface area contributed by atoms with E-state index in [1.54, 1.807) is 4.90 Å². The molecule has 0 unspecified atom stereocenters. The summed E-state index contributed by atoms with van der Waals surface area (Å²) in [4.78, 5) is 16.3. The van der Waals surface area contributed by atoms with Crippen LogP contribution >= 0.6 is 0 Å². The second kappa shape index (κ2) is 7.84. The van der Waals surface area contributed by atoms with Crippen LogP contribution in [0.5, 0.6) is 0 Å². The first-order valence-corrected chi connectivity index (χ1v) is 8.11. The average Bonchev–Trinajstić information content (AvgIpc) is 2.48. The normalized spacial score (nSPS) is 26.3. The van der Waals surface area contributed by atoms with E-state index in [1.165, 1.54) is 32.4 Å². The second-order valence-electron chi connectivity index (χ2n) is 6.21. The van der Waals surface area contributed by atoms with Crippen LogP contribution < -0.4 is 5.32 Å². The molecule has 20 heavy (non-hydrogen) atoms. The first kappa shape index (κ1) is 15.6. The van der Waals surface area contributed by atoms with Crippen molar-refractivity contribution < 1.29 is 9.90 Å². The van der Waals surface area contributed by atoms with E-state index in [4.69, 9.17) is 0 Å². The van der Waals surface area contributed by atoms with Crippen LogP contribution in [0.2, 0.25) is 0 Å². The predicted octanol–water partition coefficient (Wildman–Crippen LogP) is 1.42. The zero-order chi connectivity index (χ0) is 14.4. The Kier molecular flexibility index (Phi) is 6.10. The number of rotatable bonds is 4. The van der Waals surface area contributed by atoms with E-state index in [0.717, 1.165) is 32.4 Å². The van der Waals surface area contributed by atoms with Gasteiger partial charge in [-0.1, -0.05) is 6.42 Å². The van der Waals surface area contributed by atoms with Crippen LogP contribution in [0.25, 0.3) is 0 Å². The second-order valence-corrected chi connectivity index (χ2v) is 6.21. The Balaban J connectivity index is 1.63. The van der Waals surface area contributed by atoms with Gasteiger partial charge < -0.3 is 20.2 Å². The molecule has 2 rings (SSSR count). The van der Waals surface area contributed by atoms with Gasteiger partial charge in [-0.3, -0.25) is 0 Å². The third-order valence-corrected chi connectivity index (χ3v) is 4.54. The summed E-state index contributed by atoms with van der Waals surface area (Å²) in [6, 6.07) is 0.525. The highest BCUT2D eigenvalue weighted by Crippen LogP contribution is 2.14. The van der Waals surface area contributed by atoms with Crippen molar-refractivity contribution in [1.82, 2.24) is 15.1 Å². The van der Waals surface area contributed by atoms with E-state index < -0.39 is 0 Å². The van der Waals surface area contributed by atoms with Gasteiger partial charge in [-0.2, -0.15) is 0 Å². The van der Waals surface area contributed by atoms with Gasteiger partial charge in [0.1, 0.15) is 0 Å². The fraction of sp³-hybridized carbons (Fsp3) is 0.933. The third-order valence-electron chi connectivity index (χ3n) is 4.54. The summed E-state index contributed by atoms with van der Waals surface area (Å²) < 4.78 is 0. The smallest absolute Gasteiger partial charge is 0.317 e. The molecule has 0 bridgehead atoms. The molecule has 0 saturated carbocycles. The molecule has 2 fully saturated rings. The number of carbonyl (C=O) groups is 1. The van der Waals surface area contributed by atoms with Gasteiger partial charge in [-0.05, 0) is 52.1 Å². The minimum Gasteiger partial charge on any atom is -0.391 e. The van der Waals surface area contributed by atoms with Gasteiger partial charge in [-0.25, -0.2) is 4.79 Å². The number of aliphatic hydroxyl groups excluding tert-OH is 1. The molecule has 0 aliphatic carbocycles. The molecule has 2 saturated heterocycles. The molecule has 0 aromatic heterocycles. The van der Waals surface area contributed by atoms with Crippen LogP contribution in [0.3, 0.4) is 0 Å². The van der Waals surface area contributed by atoms with Crippen LogP contribution in [-0.2, 0) is 0 Å². The lowest BCUT2D eigenvalue weighted by Crippen LogP contribution is -2.48. The maximum atomic E-state index is 12.0. The predicted molar refractivity (Wildman–Crippen MR) is 79.7 cm³/mol. The molecule has 2 amide bonds. The first-order chi connectivity index (χ1) is 9.66. The van der Waals surface area contributed by atoms with Crippen molar-refractivity contribution >= 4 is 6.03 Å². The lowest BCUT2D eigenvalue weighted by Gasteiger charge is -2.33. The zero-order valence-corrected chi connectivity index (χ0v) is 12.7. The maximum absolute atomic E-state index is 12.0. The molecule has 0 aromatic carbocycles. The number of hydrogen-bond donors (Lipinski definition) is 2. The van der Waals surface area contributed by atoms with Crippen molar-refractivity contribution in [3.05, 3.63) is 0 Å². The SMILES string of the molecule is C[C@@H](CCNC(=O)N1CCC[C@H](O)C1)N1CCCCC1. The highest BCUT2D eigenvalue weighted by molar-refractivity contribution is 5.74. The Labute approximate surface area is 122 Å². The van der Waals surface area contributed by atoms with E-state index in [1.807, 2.05) is 0 Å². The lowest BCUT2D eigenvalue weighted by atomic mass is 10.1. The molecule has 5 nitrogen and oxygen atoms in total. The number of aliphatic hydroxyl groups is 1.